The topological polar surface area (TPSA) is 101 Å². The minimum Gasteiger partial charge on any atom is -0.459 e. The Balaban J connectivity index is 1.54. The van der Waals surface area contributed by atoms with Crippen molar-refractivity contribution in [2.45, 2.75) is 32.0 Å². The Bertz CT molecular complexity index is 1100. The van der Waals surface area contributed by atoms with Gasteiger partial charge in [-0.25, -0.2) is 4.79 Å². The van der Waals surface area contributed by atoms with E-state index in [4.69, 9.17) is 9.15 Å². The summed E-state index contributed by atoms with van der Waals surface area (Å²) in [4.78, 5) is 39.4. The van der Waals surface area contributed by atoms with Crippen molar-refractivity contribution in [3.63, 3.8) is 0 Å². The van der Waals surface area contributed by atoms with Crippen LogP contribution in [0, 0.1) is 0 Å². The number of cyclic esters (lactones) is 1. The summed E-state index contributed by atoms with van der Waals surface area (Å²) in [6, 6.07) is 18.7. The lowest BCUT2D eigenvalue weighted by Gasteiger charge is -2.24. The molecule has 1 aliphatic heterocycles. The van der Waals surface area contributed by atoms with E-state index < -0.39 is 18.2 Å². The van der Waals surface area contributed by atoms with E-state index in [1.807, 2.05) is 37.3 Å². The molecule has 0 bridgehead atoms. The summed E-state index contributed by atoms with van der Waals surface area (Å²) >= 11 is 0. The van der Waals surface area contributed by atoms with Gasteiger partial charge in [0.2, 0.25) is 5.91 Å². The predicted molar refractivity (Wildman–Crippen MR) is 121 cm³/mol. The first-order valence-corrected chi connectivity index (χ1v) is 10.8. The van der Waals surface area contributed by atoms with Crippen LogP contribution in [0.15, 0.2) is 77.4 Å². The van der Waals surface area contributed by atoms with Gasteiger partial charge in [0.25, 0.3) is 5.91 Å². The maximum absolute atomic E-state index is 13.0. The molecule has 0 aliphatic carbocycles. The van der Waals surface area contributed by atoms with E-state index in [0.29, 0.717) is 17.8 Å². The first-order chi connectivity index (χ1) is 16.1. The lowest BCUT2D eigenvalue weighted by molar-refractivity contribution is -0.126. The van der Waals surface area contributed by atoms with Gasteiger partial charge in [-0.05, 0) is 41.8 Å². The molecule has 2 aromatic carbocycles. The summed E-state index contributed by atoms with van der Waals surface area (Å²) in [7, 11) is 0. The average Bonchev–Trinajstić information content (AvgIpc) is 3.48. The summed E-state index contributed by atoms with van der Waals surface area (Å²) in [5, 5.41) is 5.63. The van der Waals surface area contributed by atoms with Crippen molar-refractivity contribution in [3.05, 3.63) is 89.9 Å². The number of furan rings is 1. The molecular formula is C25H25N3O5. The standard InChI is InChI=1S/C25H25N3O5/c1-2-14-26-24(30)21-22(33-25(31)28(21)16-17-7-4-3-5-8-17)18-10-12-19(13-11-18)27-23(29)20-9-6-15-32-20/h3-13,15,21-22H,2,14,16H2,1H3,(H,26,30)(H,27,29)/t21-,22+/m0/s1. The lowest BCUT2D eigenvalue weighted by atomic mass is 10.00. The number of hydrogen-bond donors (Lipinski definition) is 2. The summed E-state index contributed by atoms with van der Waals surface area (Å²) in [5.41, 5.74) is 2.11. The van der Waals surface area contributed by atoms with Crippen LogP contribution in [0.5, 0.6) is 0 Å². The fourth-order valence-corrected chi connectivity index (χ4v) is 3.70. The first-order valence-electron chi connectivity index (χ1n) is 10.8. The number of anilines is 1. The molecule has 2 heterocycles. The van der Waals surface area contributed by atoms with Crippen LogP contribution in [0.4, 0.5) is 10.5 Å². The Kier molecular flexibility index (Phi) is 6.73. The quantitative estimate of drug-likeness (QED) is 0.541. The lowest BCUT2D eigenvalue weighted by Crippen LogP contribution is -2.46. The third kappa shape index (κ3) is 5.06. The molecule has 0 unspecified atom stereocenters. The highest BCUT2D eigenvalue weighted by molar-refractivity contribution is 6.02. The molecule has 33 heavy (non-hydrogen) atoms. The molecule has 2 atom stereocenters. The monoisotopic (exact) mass is 447 g/mol. The molecule has 3 aromatic rings. The highest BCUT2D eigenvalue weighted by atomic mass is 16.6. The van der Waals surface area contributed by atoms with E-state index >= 15 is 0 Å². The zero-order chi connectivity index (χ0) is 23.2. The third-order valence-electron chi connectivity index (χ3n) is 5.34. The minimum atomic E-state index is -0.812. The Labute approximate surface area is 191 Å². The third-order valence-corrected chi connectivity index (χ3v) is 5.34. The van der Waals surface area contributed by atoms with E-state index in [9.17, 15) is 14.4 Å². The number of ether oxygens (including phenoxy) is 1. The second-order valence-corrected chi connectivity index (χ2v) is 7.71. The largest absolute Gasteiger partial charge is 0.459 e. The molecule has 1 aliphatic rings. The average molecular weight is 447 g/mol. The number of rotatable bonds is 8. The Hall–Kier alpha value is -4.07. The van der Waals surface area contributed by atoms with Crippen molar-refractivity contribution in [2.24, 2.45) is 0 Å². The SMILES string of the molecule is CCCNC(=O)[C@@H]1[C@@H](c2ccc(NC(=O)c3ccco3)cc2)OC(=O)N1Cc1ccccc1. The number of carbonyl (C=O) groups is 3. The Morgan fingerprint density at radius 3 is 2.42 bits per heavy atom. The van der Waals surface area contributed by atoms with Crippen molar-refractivity contribution in [1.29, 1.82) is 0 Å². The van der Waals surface area contributed by atoms with Gasteiger partial charge in [-0.3, -0.25) is 14.5 Å². The van der Waals surface area contributed by atoms with E-state index in [-0.39, 0.29) is 24.1 Å². The molecule has 0 spiro atoms. The fourth-order valence-electron chi connectivity index (χ4n) is 3.70. The zero-order valence-electron chi connectivity index (χ0n) is 18.2. The van der Waals surface area contributed by atoms with Gasteiger partial charge < -0.3 is 19.8 Å². The van der Waals surface area contributed by atoms with Crippen LogP contribution in [0.3, 0.4) is 0 Å². The molecule has 0 radical (unpaired) electrons. The van der Waals surface area contributed by atoms with E-state index in [2.05, 4.69) is 10.6 Å². The van der Waals surface area contributed by atoms with E-state index in [1.54, 1.807) is 36.4 Å². The predicted octanol–water partition coefficient (Wildman–Crippen LogP) is 4.12. The van der Waals surface area contributed by atoms with Crippen LogP contribution >= 0.6 is 0 Å². The normalized spacial score (nSPS) is 17.5. The molecule has 3 amide bonds. The molecule has 2 N–H and O–H groups in total. The summed E-state index contributed by atoms with van der Waals surface area (Å²) in [6.07, 6.45) is 0.890. The molecule has 8 nitrogen and oxygen atoms in total. The van der Waals surface area contributed by atoms with Gasteiger partial charge in [0.1, 0.15) is 0 Å². The van der Waals surface area contributed by atoms with Gasteiger partial charge in [-0.1, -0.05) is 49.4 Å². The molecule has 1 aromatic heterocycles. The molecule has 1 saturated heterocycles. The Morgan fingerprint density at radius 1 is 1.00 bits per heavy atom. The van der Waals surface area contributed by atoms with Gasteiger partial charge in [0.15, 0.2) is 17.9 Å². The second kappa shape index (κ2) is 10.0. The number of amides is 3. The van der Waals surface area contributed by atoms with Gasteiger partial charge in [-0.15, -0.1) is 0 Å². The molecule has 4 rings (SSSR count). The number of nitrogens with zero attached hydrogens (tertiary/aromatic N) is 1. The van der Waals surface area contributed by atoms with Crippen molar-refractivity contribution in [3.8, 4) is 0 Å². The summed E-state index contributed by atoms with van der Waals surface area (Å²) < 4.78 is 10.7. The summed E-state index contributed by atoms with van der Waals surface area (Å²) in [6.45, 7) is 2.73. The van der Waals surface area contributed by atoms with E-state index in [0.717, 1.165) is 12.0 Å². The van der Waals surface area contributed by atoms with Crippen molar-refractivity contribution in [1.82, 2.24) is 10.2 Å². The molecule has 170 valence electrons. The molecule has 8 heteroatoms. The zero-order valence-corrected chi connectivity index (χ0v) is 18.2. The van der Waals surface area contributed by atoms with Crippen LogP contribution in [-0.2, 0) is 16.1 Å². The number of benzene rings is 2. The van der Waals surface area contributed by atoms with Gasteiger partial charge in [0, 0.05) is 12.2 Å². The summed E-state index contributed by atoms with van der Waals surface area (Å²) in [5.74, 6) is -0.433. The van der Waals surface area contributed by atoms with Crippen molar-refractivity contribution in [2.75, 3.05) is 11.9 Å². The number of nitrogens with one attached hydrogen (secondary N) is 2. The smallest absolute Gasteiger partial charge is 0.411 e. The van der Waals surface area contributed by atoms with Crippen LogP contribution in [0.25, 0.3) is 0 Å². The van der Waals surface area contributed by atoms with Gasteiger partial charge in [-0.2, -0.15) is 0 Å². The maximum Gasteiger partial charge on any atom is 0.411 e. The highest BCUT2D eigenvalue weighted by Gasteiger charge is 2.46. The minimum absolute atomic E-state index is 0.202. The number of carbonyl (C=O) groups excluding carboxylic acids is 3. The van der Waals surface area contributed by atoms with Crippen molar-refractivity contribution >= 4 is 23.6 Å². The van der Waals surface area contributed by atoms with E-state index in [1.165, 1.54) is 11.2 Å². The van der Waals surface area contributed by atoms with Crippen molar-refractivity contribution < 1.29 is 23.5 Å². The fraction of sp³-hybridized carbons (Fsp3) is 0.240. The molecule has 1 fully saturated rings. The molecular weight excluding hydrogens is 422 g/mol. The van der Waals surface area contributed by atoms with Gasteiger partial charge >= 0.3 is 6.09 Å². The van der Waals surface area contributed by atoms with Crippen LogP contribution in [0.1, 0.15) is 41.1 Å². The van der Waals surface area contributed by atoms with Crippen LogP contribution < -0.4 is 10.6 Å². The maximum atomic E-state index is 13.0. The first kappa shape index (κ1) is 22.1. The van der Waals surface area contributed by atoms with Crippen LogP contribution in [0.2, 0.25) is 0 Å². The number of hydrogen-bond acceptors (Lipinski definition) is 5. The second-order valence-electron chi connectivity index (χ2n) is 7.71. The molecule has 0 saturated carbocycles. The Morgan fingerprint density at radius 2 is 1.76 bits per heavy atom. The highest BCUT2D eigenvalue weighted by Crippen LogP contribution is 2.34. The van der Waals surface area contributed by atoms with Crippen LogP contribution in [-0.4, -0.2) is 35.4 Å². The van der Waals surface area contributed by atoms with Gasteiger partial charge in [0.05, 0.1) is 12.8 Å².